The van der Waals surface area contributed by atoms with Gasteiger partial charge in [0.2, 0.25) is 0 Å². The average Bonchev–Trinajstić information content (AvgIpc) is 2.51. The summed E-state index contributed by atoms with van der Waals surface area (Å²) in [5.41, 5.74) is 0. The molecular formula is C11H22N2O. The van der Waals surface area contributed by atoms with Crippen LogP contribution in [0.1, 0.15) is 26.7 Å². The lowest BCUT2D eigenvalue weighted by Crippen LogP contribution is -2.51. The minimum Gasteiger partial charge on any atom is -0.374 e. The van der Waals surface area contributed by atoms with E-state index in [0.29, 0.717) is 18.2 Å². The van der Waals surface area contributed by atoms with Crippen molar-refractivity contribution in [2.24, 2.45) is 0 Å². The van der Waals surface area contributed by atoms with Crippen LogP contribution >= 0.6 is 0 Å². The molecule has 3 atom stereocenters. The molecule has 0 radical (unpaired) electrons. The molecule has 14 heavy (non-hydrogen) atoms. The van der Waals surface area contributed by atoms with E-state index in [4.69, 9.17) is 4.74 Å². The zero-order chi connectivity index (χ0) is 9.97. The number of hydrogen-bond acceptors (Lipinski definition) is 3. The molecule has 2 fully saturated rings. The molecule has 1 N–H and O–H groups in total. The summed E-state index contributed by atoms with van der Waals surface area (Å²) in [7, 11) is 0. The van der Waals surface area contributed by atoms with Crippen LogP contribution in [0.4, 0.5) is 0 Å². The van der Waals surface area contributed by atoms with Crippen LogP contribution in [0.25, 0.3) is 0 Å². The van der Waals surface area contributed by atoms with Gasteiger partial charge in [0.15, 0.2) is 0 Å². The standard InChI is InChI=1S/C11H22N2O/c1-9-7-13(6-5-12-9)8-11-4-3-10(2)14-11/h9-12H,3-8H2,1-2H3. The van der Waals surface area contributed by atoms with E-state index in [1.54, 1.807) is 0 Å². The third-order valence-electron chi connectivity index (χ3n) is 3.23. The smallest absolute Gasteiger partial charge is 0.0706 e. The van der Waals surface area contributed by atoms with E-state index in [1.165, 1.54) is 25.9 Å². The molecule has 2 rings (SSSR count). The Labute approximate surface area is 86.8 Å². The Morgan fingerprint density at radius 1 is 1.36 bits per heavy atom. The van der Waals surface area contributed by atoms with Gasteiger partial charge in [-0.25, -0.2) is 0 Å². The molecule has 82 valence electrons. The van der Waals surface area contributed by atoms with Gasteiger partial charge in [0, 0.05) is 32.2 Å². The molecule has 3 nitrogen and oxygen atoms in total. The number of ether oxygens (including phenoxy) is 1. The highest BCUT2D eigenvalue weighted by molar-refractivity contribution is 4.80. The Hall–Kier alpha value is -0.120. The quantitative estimate of drug-likeness (QED) is 0.712. The molecule has 0 aliphatic carbocycles. The van der Waals surface area contributed by atoms with Gasteiger partial charge in [-0.2, -0.15) is 0 Å². The summed E-state index contributed by atoms with van der Waals surface area (Å²) >= 11 is 0. The lowest BCUT2D eigenvalue weighted by atomic mass is 10.1. The Kier molecular flexibility index (Phi) is 3.42. The van der Waals surface area contributed by atoms with Gasteiger partial charge in [-0.05, 0) is 26.7 Å². The van der Waals surface area contributed by atoms with Crippen molar-refractivity contribution >= 4 is 0 Å². The Bertz CT molecular complexity index is 186. The highest BCUT2D eigenvalue weighted by atomic mass is 16.5. The van der Waals surface area contributed by atoms with E-state index in [1.807, 2.05) is 0 Å². The van der Waals surface area contributed by atoms with E-state index >= 15 is 0 Å². The van der Waals surface area contributed by atoms with Gasteiger partial charge in [0.1, 0.15) is 0 Å². The SMILES string of the molecule is CC1CN(CC2CCC(C)O2)CCN1. The number of nitrogens with zero attached hydrogens (tertiary/aromatic N) is 1. The van der Waals surface area contributed by atoms with E-state index in [0.717, 1.165) is 13.1 Å². The summed E-state index contributed by atoms with van der Waals surface area (Å²) < 4.78 is 5.84. The summed E-state index contributed by atoms with van der Waals surface area (Å²) in [4.78, 5) is 2.53. The summed E-state index contributed by atoms with van der Waals surface area (Å²) in [6.45, 7) is 9.05. The van der Waals surface area contributed by atoms with Crippen molar-refractivity contribution in [1.82, 2.24) is 10.2 Å². The minimum absolute atomic E-state index is 0.486. The Morgan fingerprint density at radius 3 is 2.86 bits per heavy atom. The van der Waals surface area contributed by atoms with Crippen LogP contribution in [0.15, 0.2) is 0 Å². The molecule has 2 saturated heterocycles. The summed E-state index contributed by atoms with van der Waals surface area (Å²) in [5.74, 6) is 0. The van der Waals surface area contributed by atoms with E-state index in [2.05, 4.69) is 24.1 Å². The van der Waals surface area contributed by atoms with Crippen LogP contribution in [-0.4, -0.2) is 49.3 Å². The lowest BCUT2D eigenvalue weighted by molar-refractivity contribution is 0.0261. The topological polar surface area (TPSA) is 24.5 Å². The van der Waals surface area contributed by atoms with Gasteiger partial charge in [-0.1, -0.05) is 0 Å². The maximum Gasteiger partial charge on any atom is 0.0706 e. The molecule has 0 spiro atoms. The molecule has 2 aliphatic rings. The fraction of sp³-hybridized carbons (Fsp3) is 1.00. The van der Waals surface area contributed by atoms with Crippen LogP contribution in [0.5, 0.6) is 0 Å². The molecule has 0 bridgehead atoms. The number of rotatable bonds is 2. The van der Waals surface area contributed by atoms with Crippen LogP contribution in [0, 0.1) is 0 Å². The third kappa shape index (κ3) is 2.69. The van der Waals surface area contributed by atoms with Gasteiger partial charge in [-0.3, -0.25) is 4.90 Å². The van der Waals surface area contributed by atoms with Gasteiger partial charge < -0.3 is 10.1 Å². The number of piperazine rings is 1. The number of hydrogen-bond donors (Lipinski definition) is 1. The van der Waals surface area contributed by atoms with E-state index in [-0.39, 0.29) is 0 Å². The largest absolute Gasteiger partial charge is 0.374 e. The zero-order valence-corrected chi connectivity index (χ0v) is 9.33. The van der Waals surface area contributed by atoms with Crippen molar-refractivity contribution in [2.75, 3.05) is 26.2 Å². The fourth-order valence-electron chi connectivity index (χ4n) is 2.49. The monoisotopic (exact) mass is 198 g/mol. The summed E-state index contributed by atoms with van der Waals surface area (Å²) in [6.07, 6.45) is 3.47. The molecule has 0 aromatic carbocycles. The predicted octanol–water partition coefficient (Wildman–Crippen LogP) is 0.848. The molecule has 2 aliphatic heterocycles. The molecule has 2 heterocycles. The maximum absolute atomic E-state index is 5.84. The highest BCUT2D eigenvalue weighted by Crippen LogP contribution is 2.20. The summed E-state index contributed by atoms with van der Waals surface area (Å²) in [5, 5.41) is 3.46. The maximum atomic E-state index is 5.84. The first kappa shape index (κ1) is 10.4. The van der Waals surface area contributed by atoms with Gasteiger partial charge in [0.25, 0.3) is 0 Å². The first-order valence-electron chi connectivity index (χ1n) is 5.85. The second-order valence-corrected chi connectivity index (χ2v) is 4.76. The number of nitrogens with one attached hydrogen (secondary N) is 1. The zero-order valence-electron chi connectivity index (χ0n) is 9.33. The van der Waals surface area contributed by atoms with Crippen molar-refractivity contribution in [2.45, 2.75) is 44.9 Å². The van der Waals surface area contributed by atoms with Gasteiger partial charge in [0.05, 0.1) is 12.2 Å². The Balaban J connectivity index is 1.74. The first-order chi connectivity index (χ1) is 6.74. The normalized spacial score (nSPS) is 40.3. The van der Waals surface area contributed by atoms with E-state index in [9.17, 15) is 0 Å². The van der Waals surface area contributed by atoms with Crippen molar-refractivity contribution < 1.29 is 4.74 Å². The second kappa shape index (κ2) is 4.60. The van der Waals surface area contributed by atoms with Crippen LogP contribution in [-0.2, 0) is 4.74 Å². The summed E-state index contributed by atoms with van der Waals surface area (Å²) in [6, 6.07) is 0.641. The highest BCUT2D eigenvalue weighted by Gasteiger charge is 2.25. The van der Waals surface area contributed by atoms with Gasteiger partial charge >= 0.3 is 0 Å². The molecule has 3 unspecified atom stereocenters. The molecule has 0 amide bonds. The van der Waals surface area contributed by atoms with Crippen LogP contribution in [0.2, 0.25) is 0 Å². The molecule has 0 saturated carbocycles. The van der Waals surface area contributed by atoms with Crippen LogP contribution < -0.4 is 5.32 Å². The molecule has 0 aromatic rings. The van der Waals surface area contributed by atoms with Crippen LogP contribution in [0.3, 0.4) is 0 Å². The van der Waals surface area contributed by atoms with Crippen molar-refractivity contribution in [3.05, 3.63) is 0 Å². The minimum atomic E-state index is 0.486. The Morgan fingerprint density at radius 2 is 2.21 bits per heavy atom. The molecular weight excluding hydrogens is 176 g/mol. The fourth-order valence-corrected chi connectivity index (χ4v) is 2.49. The lowest BCUT2D eigenvalue weighted by Gasteiger charge is -2.33. The van der Waals surface area contributed by atoms with Gasteiger partial charge in [-0.15, -0.1) is 0 Å². The molecule has 3 heteroatoms. The van der Waals surface area contributed by atoms with Crippen molar-refractivity contribution in [3.8, 4) is 0 Å². The predicted molar refractivity (Wildman–Crippen MR) is 57.5 cm³/mol. The van der Waals surface area contributed by atoms with E-state index < -0.39 is 0 Å². The van der Waals surface area contributed by atoms with Crippen molar-refractivity contribution in [1.29, 1.82) is 0 Å². The van der Waals surface area contributed by atoms with Crippen molar-refractivity contribution in [3.63, 3.8) is 0 Å². The molecule has 0 aromatic heterocycles. The second-order valence-electron chi connectivity index (χ2n) is 4.76. The third-order valence-corrected chi connectivity index (χ3v) is 3.23. The first-order valence-corrected chi connectivity index (χ1v) is 5.85. The average molecular weight is 198 g/mol.